The fourth-order valence-corrected chi connectivity index (χ4v) is 0. The van der Waals surface area contributed by atoms with Crippen molar-refractivity contribution >= 4 is 0 Å². The van der Waals surface area contributed by atoms with Crippen LogP contribution in [0, 0.1) is 21.8 Å². The third kappa shape index (κ3) is 60.9. The van der Waals surface area contributed by atoms with Gasteiger partial charge in [-0.25, -0.2) is 0 Å². The number of hydrogen-bond donors (Lipinski definition) is 0. The van der Waals surface area contributed by atoms with E-state index < -0.39 is 0 Å². The Morgan fingerprint density at radius 2 is 0.750 bits per heavy atom. The van der Waals surface area contributed by atoms with Gasteiger partial charge in [0.15, 0.2) is 0 Å². The van der Waals surface area contributed by atoms with E-state index in [1.807, 2.05) is 0 Å². The van der Waals surface area contributed by atoms with E-state index in [0.29, 0.717) is 0 Å². The molecule has 1 radical (unpaired) electrons. The predicted molar refractivity (Wildman–Crippen MR) is 23.9 cm³/mol. The molecule has 51 valence electrons. The normalized spacial score (nSPS) is 0.750. The molecule has 0 unspecified atom stereocenters. The molecule has 0 aliphatic carbocycles. The van der Waals surface area contributed by atoms with Gasteiger partial charge in [0.2, 0.25) is 0 Å². The van der Waals surface area contributed by atoms with Gasteiger partial charge in [0.25, 0.3) is 0 Å². The second-order valence-corrected chi connectivity index (χ2v) is 0. The molecule has 0 aliphatic rings. The van der Waals surface area contributed by atoms with Crippen LogP contribution in [0.15, 0.2) is 0 Å². The van der Waals surface area contributed by atoms with Crippen LogP contribution in [0.5, 0.6) is 0 Å². The zero-order valence-electron chi connectivity index (χ0n) is 5.51. The molecule has 8 heavy (non-hydrogen) atoms. The minimum absolute atomic E-state index is 0. The molecule has 0 aromatic rings. The van der Waals surface area contributed by atoms with Crippen LogP contribution in [0.1, 0.15) is 6.92 Å². The summed E-state index contributed by atoms with van der Waals surface area (Å²) in [5, 5.41) is 0. The van der Waals surface area contributed by atoms with Gasteiger partial charge in [-0.15, -0.1) is 0 Å². The van der Waals surface area contributed by atoms with E-state index in [9.17, 15) is 0 Å². The molecular weight excluding hydrogens is 688 g/mol. The number of rotatable bonds is 0. The van der Waals surface area contributed by atoms with Crippen LogP contribution in [0.4, 0.5) is 0 Å². The van der Waals surface area contributed by atoms with Crippen LogP contribution in [0.25, 0.3) is 0 Å². The Balaban J connectivity index is -0.000000000333. The van der Waals surface area contributed by atoms with Gasteiger partial charge in [0.05, 0.1) is 0 Å². The van der Waals surface area contributed by atoms with Gasteiger partial charge in [-0.2, -0.15) is 6.92 Å². The van der Waals surface area contributed by atoms with Gasteiger partial charge in [-0.1, -0.05) is 0 Å². The van der Waals surface area contributed by atoms with Crippen molar-refractivity contribution in [2.24, 2.45) is 0 Å². The smallest absolute Gasteiger partial charge is 0 e. The molecular formula is C4H11W3Y-3. The van der Waals surface area contributed by atoms with Gasteiger partial charge >= 0.3 is 0 Å². The van der Waals surface area contributed by atoms with E-state index in [1.165, 1.54) is 0 Å². The molecule has 0 fully saturated rings. The van der Waals surface area contributed by atoms with Crippen LogP contribution >= 0.6 is 0 Å². The first-order valence-corrected chi connectivity index (χ1v) is 0.707. The molecule has 0 amide bonds. The van der Waals surface area contributed by atoms with Gasteiger partial charge in [0, 0.05) is 95.9 Å². The molecule has 0 aliphatic heterocycles. The summed E-state index contributed by atoms with van der Waals surface area (Å²) in [4.78, 5) is 0. The van der Waals surface area contributed by atoms with Crippen molar-refractivity contribution in [2.45, 2.75) is 6.92 Å². The summed E-state index contributed by atoms with van der Waals surface area (Å²) in [7, 11) is 0. The monoisotopic (exact) mass is 700 g/mol. The summed E-state index contributed by atoms with van der Waals surface area (Å²) >= 11 is 0. The Bertz CT molecular complexity index is 11.2. The summed E-state index contributed by atoms with van der Waals surface area (Å²) in [6, 6.07) is 0. The first-order valence-electron chi connectivity index (χ1n) is 0.707. The fourth-order valence-electron chi connectivity index (χ4n) is 0. The standard InChI is InChI=1S/C2H5.2CH3.3W.Y/c1-2;;;;;;/h1H2,2H3;2*1H3;;;;/q3*-1;;;;. The summed E-state index contributed by atoms with van der Waals surface area (Å²) in [6.07, 6.45) is 0. The minimum Gasteiger partial charge on any atom is -0.358 e. The molecule has 0 N–H and O–H groups in total. The van der Waals surface area contributed by atoms with Gasteiger partial charge in [0.1, 0.15) is 0 Å². The van der Waals surface area contributed by atoms with Crippen molar-refractivity contribution in [3.63, 3.8) is 0 Å². The molecule has 0 spiro atoms. The fraction of sp³-hybridized carbons (Fsp3) is 0.250. The van der Waals surface area contributed by atoms with Crippen LogP contribution in [-0.2, 0) is 95.9 Å². The summed E-state index contributed by atoms with van der Waals surface area (Å²) in [5.74, 6) is 0. The van der Waals surface area contributed by atoms with E-state index in [0.717, 1.165) is 0 Å². The minimum atomic E-state index is 0. The third-order valence-corrected chi connectivity index (χ3v) is 0. The first-order chi connectivity index (χ1) is 1.00. The van der Waals surface area contributed by atoms with Crippen molar-refractivity contribution in [3.8, 4) is 0 Å². The van der Waals surface area contributed by atoms with Crippen LogP contribution in [0.2, 0.25) is 0 Å². The van der Waals surface area contributed by atoms with E-state index in [1.54, 1.807) is 6.92 Å². The van der Waals surface area contributed by atoms with Crippen molar-refractivity contribution in [2.75, 3.05) is 0 Å². The van der Waals surface area contributed by atoms with E-state index >= 15 is 0 Å². The van der Waals surface area contributed by atoms with Crippen molar-refractivity contribution in [3.05, 3.63) is 21.8 Å². The molecule has 0 saturated carbocycles. The molecule has 4 heteroatoms. The number of hydrogen-bond acceptors (Lipinski definition) is 0. The summed E-state index contributed by atoms with van der Waals surface area (Å²) in [5.41, 5.74) is 0. The van der Waals surface area contributed by atoms with E-state index in [-0.39, 0.29) is 111 Å². The predicted octanol–water partition coefficient (Wildman–Crippen LogP) is 1.73. The zero-order chi connectivity index (χ0) is 2.00. The van der Waals surface area contributed by atoms with E-state index in [4.69, 9.17) is 0 Å². The van der Waals surface area contributed by atoms with Gasteiger partial charge in [-0.05, 0) is 0 Å². The van der Waals surface area contributed by atoms with Gasteiger partial charge < -0.3 is 21.8 Å². The van der Waals surface area contributed by atoms with Crippen LogP contribution < -0.4 is 0 Å². The molecule has 0 saturated heterocycles. The first kappa shape index (κ1) is 66.5. The van der Waals surface area contributed by atoms with Crippen molar-refractivity contribution in [1.82, 2.24) is 0 Å². The average Bonchev–Trinajstić information content (AvgIpc) is 1.00. The maximum absolute atomic E-state index is 3.25. The largest absolute Gasteiger partial charge is 0.358 e. The Morgan fingerprint density at radius 3 is 0.750 bits per heavy atom. The maximum atomic E-state index is 3.25. The topological polar surface area (TPSA) is 0 Å². The second kappa shape index (κ2) is 85.1. The molecule has 0 bridgehead atoms. The average molecular weight is 700 g/mol. The summed E-state index contributed by atoms with van der Waals surface area (Å²) < 4.78 is 0. The summed E-state index contributed by atoms with van der Waals surface area (Å²) in [6.45, 7) is 5.00. The Hall–Kier alpha value is 3.17. The Labute approximate surface area is 122 Å². The van der Waals surface area contributed by atoms with Crippen LogP contribution in [0.3, 0.4) is 0 Å². The van der Waals surface area contributed by atoms with Crippen LogP contribution in [-0.4, -0.2) is 0 Å². The third-order valence-electron chi connectivity index (χ3n) is 0. The Kier molecular flexibility index (Phi) is 707. The maximum Gasteiger partial charge on any atom is 0 e. The Morgan fingerprint density at radius 1 is 0.750 bits per heavy atom. The quantitative estimate of drug-likeness (QED) is 0.339. The van der Waals surface area contributed by atoms with E-state index in [2.05, 4.69) is 6.92 Å². The molecule has 0 nitrogen and oxygen atoms in total. The van der Waals surface area contributed by atoms with Gasteiger partial charge in [-0.3, -0.25) is 0 Å². The molecule has 0 heterocycles. The molecule has 0 aromatic carbocycles. The molecule has 0 aromatic heterocycles. The second-order valence-electron chi connectivity index (χ2n) is 0. The SMILES string of the molecule is [CH2-]C.[CH3-].[CH3-].[W].[W].[W].[Y]. The van der Waals surface area contributed by atoms with Crippen molar-refractivity contribution in [1.29, 1.82) is 0 Å². The molecule has 0 rings (SSSR count). The van der Waals surface area contributed by atoms with Crippen molar-refractivity contribution < 1.29 is 95.9 Å². The zero-order valence-corrected chi connectivity index (χ0v) is 17.1. The molecule has 0 atom stereocenters.